The molecule has 3 aromatic rings. The van der Waals surface area contributed by atoms with Gasteiger partial charge in [0.25, 0.3) is 0 Å². The van der Waals surface area contributed by atoms with E-state index in [0.717, 1.165) is 5.75 Å². The maximum absolute atomic E-state index is 12.1. The third-order valence-corrected chi connectivity index (χ3v) is 3.81. The predicted molar refractivity (Wildman–Crippen MR) is 102 cm³/mol. The molecule has 1 heterocycles. The van der Waals surface area contributed by atoms with Gasteiger partial charge < -0.3 is 14.6 Å². The van der Waals surface area contributed by atoms with E-state index < -0.39 is 5.97 Å². The van der Waals surface area contributed by atoms with Crippen LogP contribution in [-0.2, 0) is 22.6 Å². The second-order valence-corrected chi connectivity index (χ2v) is 6.20. The Labute approximate surface area is 166 Å². The van der Waals surface area contributed by atoms with Gasteiger partial charge in [-0.05, 0) is 48.0 Å². The summed E-state index contributed by atoms with van der Waals surface area (Å²) in [4.78, 5) is 23.7. The van der Waals surface area contributed by atoms with Crippen LogP contribution in [0.15, 0.2) is 54.6 Å². The molecule has 9 heteroatoms. The van der Waals surface area contributed by atoms with Crippen LogP contribution in [0.4, 0.5) is 0 Å². The SMILES string of the molecule is O=C(O)CCCc1nnn(CC(=O)COc2ccc(Oc3ccccc3)cc2)n1. The van der Waals surface area contributed by atoms with Crippen LogP contribution < -0.4 is 9.47 Å². The van der Waals surface area contributed by atoms with Crippen LogP contribution in [0.1, 0.15) is 18.7 Å². The molecule has 0 spiro atoms. The van der Waals surface area contributed by atoms with Crippen molar-refractivity contribution in [1.82, 2.24) is 20.2 Å². The highest BCUT2D eigenvalue weighted by Crippen LogP contribution is 2.23. The molecular formula is C20H20N4O5. The number of aromatic nitrogens is 4. The number of Topliss-reactive ketones (excluding diaryl/α,β-unsaturated/α-hetero) is 1. The van der Waals surface area contributed by atoms with Gasteiger partial charge in [-0.2, -0.15) is 4.80 Å². The summed E-state index contributed by atoms with van der Waals surface area (Å²) in [5, 5.41) is 20.3. The number of carboxylic acid groups (broad SMARTS) is 1. The number of aliphatic carboxylic acids is 1. The van der Waals surface area contributed by atoms with E-state index >= 15 is 0 Å². The fourth-order valence-electron chi connectivity index (χ4n) is 2.44. The van der Waals surface area contributed by atoms with E-state index in [-0.39, 0.29) is 25.4 Å². The van der Waals surface area contributed by atoms with Crippen LogP contribution >= 0.6 is 0 Å². The Hall–Kier alpha value is -3.75. The number of hydrogen-bond acceptors (Lipinski definition) is 7. The molecule has 0 radical (unpaired) electrons. The molecule has 0 aliphatic heterocycles. The Morgan fingerprint density at radius 2 is 1.66 bits per heavy atom. The molecular weight excluding hydrogens is 376 g/mol. The van der Waals surface area contributed by atoms with Gasteiger partial charge >= 0.3 is 5.97 Å². The Morgan fingerprint density at radius 1 is 0.966 bits per heavy atom. The van der Waals surface area contributed by atoms with Crippen molar-refractivity contribution >= 4 is 11.8 Å². The van der Waals surface area contributed by atoms with Crippen LogP contribution in [-0.4, -0.2) is 43.7 Å². The normalized spacial score (nSPS) is 10.5. The number of aryl methyl sites for hydroxylation is 1. The first-order valence-corrected chi connectivity index (χ1v) is 9.04. The molecule has 1 N–H and O–H groups in total. The zero-order chi connectivity index (χ0) is 20.5. The number of tetrazole rings is 1. The van der Waals surface area contributed by atoms with Crippen molar-refractivity contribution < 1.29 is 24.2 Å². The lowest BCUT2D eigenvalue weighted by atomic mass is 10.2. The van der Waals surface area contributed by atoms with Gasteiger partial charge in [0.15, 0.2) is 11.6 Å². The average molecular weight is 396 g/mol. The highest BCUT2D eigenvalue weighted by molar-refractivity contribution is 5.79. The summed E-state index contributed by atoms with van der Waals surface area (Å²) in [6, 6.07) is 16.4. The smallest absolute Gasteiger partial charge is 0.303 e. The quantitative estimate of drug-likeness (QED) is 0.525. The van der Waals surface area contributed by atoms with E-state index in [0.29, 0.717) is 30.2 Å². The van der Waals surface area contributed by atoms with Gasteiger partial charge in [-0.25, -0.2) is 0 Å². The summed E-state index contributed by atoms with van der Waals surface area (Å²) in [6.07, 6.45) is 0.854. The second kappa shape index (κ2) is 9.98. The van der Waals surface area contributed by atoms with E-state index in [2.05, 4.69) is 15.4 Å². The molecule has 0 bridgehead atoms. The number of ether oxygens (including phenoxy) is 2. The van der Waals surface area contributed by atoms with Crippen molar-refractivity contribution in [2.45, 2.75) is 25.8 Å². The molecule has 0 fully saturated rings. The maximum atomic E-state index is 12.1. The van der Waals surface area contributed by atoms with Crippen molar-refractivity contribution in [2.24, 2.45) is 0 Å². The summed E-state index contributed by atoms with van der Waals surface area (Å²) in [5.74, 6) is 1.26. The number of benzene rings is 2. The molecule has 9 nitrogen and oxygen atoms in total. The molecule has 3 rings (SSSR count). The molecule has 0 aliphatic carbocycles. The van der Waals surface area contributed by atoms with Crippen molar-refractivity contribution in [3.05, 3.63) is 60.4 Å². The van der Waals surface area contributed by atoms with Gasteiger partial charge in [0.1, 0.15) is 30.4 Å². The Morgan fingerprint density at radius 3 is 2.38 bits per heavy atom. The molecule has 1 aromatic heterocycles. The number of hydrogen-bond donors (Lipinski definition) is 1. The summed E-state index contributed by atoms with van der Waals surface area (Å²) in [5.41, 5.74) is 0. The lowest BCUT2D eigenvalue weighted by Crippen LogP contribution is -2.19. The van der Waals surface area contributed by atoms with Gasteiger partial charge in [-0.1, -0.05) is 18.2 Å². The summed E-state index contributed by atoms with van der Waals surface area (Å²) in [6.45, 7) is -0.199. The average Bonchev–Trinajstić information content (AvgIpc) is 3.15. The predicted octanol–water partition coefficient (Wildman–Crippen LogP) is 2.52. The van der Waals surface area contributed by atoms with E-state index in [1.54, 1.807) is 24.3 Å². The monoisotopic (exact) mass is 396 g/mol. The third kappa shape index (κ3) is 6.73. The number of carbonyl (C=O) groups excluding carboxylic acids is 1. The molecule has 150 valence electrons. The van der Waals surface area contributed by atoms with Gasteiger partial charge in [0.2, 0.25) is 0 Å². The maximum Gasteiger partial charge on any atom is 0.303 e. The number of nitrogens with zero attached hydrogens (tertiary/aromatic N) is 4. The molecule has 2 aromatic carbocycles. The van der Waals surface area contributed by atoms with Crippen molar-refractivity contribution in [1.29, 1.82) is 0 Å². The Bertz CT molecular complexity index is 941. The summed E-state index contributed by atoms with van der Waals surface area (Å²) < 4.78 is 11.2. The van der Waals surface area contributed by atoms with E-state index in [9.17, 15) is 9.59 Å². The Kier molecular flexibility index (Phi) is 6.88. The first-order valence-electron chi connectivity index (χ1n) is 9.04. The van der Waals surface area contributed by atoms with Gasteiger partial charge in [-0.3, -0.25) is 9.59 Å². The minimum atomic E-state index is -0.871. The van der Waals surface area contributed by atoms with Crippen LogP contribution in [0.3, 0.4) is 0 Å². The second-order valence-electron chi connectivity index (χ2n) is 6.20. The van der Waals surface area contributed by atoms with Gasteiger partial charge in [0.05, 0.1) is 0 Å². The lowest BCUT2D eigenvalue weighted by molar-refractivity contribution is -0.137. The third-order valence-electron chi connectivity index (χ3n) is 3.81. The number of para-hydroxylation sites is 1. The van der Waals surface area contributed by atoms with Gasteiger partial charge in [-0.15, -0.1) is 10.2 Å². The highest BCUT2D eigenvalue weighted by atomic mass is 16.5. The van der Waals surface area contributed by atoms with Crippen LogP contribution in [0.5, 0.6) is 17.2 Å². The Balaban J connectivity index is 1.42. The van der Waals surface area contributed by atoms with Crippen LogP contribution in [0.25, 0.3) is 0 Å². The van der Waals surface area contributed by atoms with E-state index in [4.69, 9.17) is 14.6 Å². The standard InChI is InChI=1S/C20H20N4O5/c25-15(13-24-22-19(21-23-24)7-4-8-20(26)27)14-28-16-9-11-18(12-10-16)29-17-5-2-1-3-6-17/h1-3,5-6,9-12H,4,7-8,13-14H2,(H,26,27). The van der Waals surface area contributed by atoms with E-state index in [1.165, 1.54) is 4.80 Å². The fourth-order valence-corrected chi connectivity index (χ4v) is 2.44. The topological polar surface area (TPSA) is 116 Å². The minimum Gasteiger partial charge on any atom is -0.486 e. The summed E-state index contributed by atoms with van der Waals surface area (Å²) in [7, 11) is 0. The van der Waals surface area contributed by atoms with Crippen LogP contribution in [0, 0.1) is 0 Å². The fraction of sp³-hybridized carbons (Fsp3) is 0.250. The minimum absolute atomic E-state index is 0.0382. The first kappa shape index (κ1) is 20.0. The number of carbonyl (C=O) groups is 2. The molecule has 0 atom stereocenters. The highest BCUT2D eigenvalue weighted by Gasteiger charge is 2.09. The van der Waals surface area contributed by atoms with Crippen LogP contribution in [0.2, 0.25) is 0 Å². The molecule has 0 saturated heterocycles. The molecule has 0 saturated carbocycles. The number of carboxylic acids is 1. The molecule has 0 amide bonds. The first-order chi connectivity index (χ1) is 14.1. The summed E-state index contributed by atoms with van der Waals surface area (Å²) >= 11 is 0. The van der Waals surface area contributed by atoms with Gasteiger partial charge in [0, 0.05) is 12.8 Å². The number of rotatable bonds is 11. The van der Waals surface area contributed by atoms with Crippen molar-refractivity contribution in [3.8, 4) is 17.2 Å². The number of ketones is 1. The molecule has 29 heavy (non-hydrogen) atoms. The molecule has 0 unspecified atom stereocenters. The lowest BCUT2D eigenvalue weighted by Gasteiger charge is -2.08. The van der Waals surface area contributed by atoms with Crippen molar-refractivity contribution in [2.75, 3.05) is 6.61 Å². The zero-order valence-corrected chi connectivity index (χ0v) is 15.6. The van der Waals surface area contributed by atoms with Crippen molar-refractivity contribution in [3.63, 3.8) is 0 Å². The zero-order valence-electron chi connectivity index (χ0n) is 15.6. The largest absolute Gasteiger partial charge is 0.486 e. The molecule has 0 aliphatic rings. The van der Waals surface area contributed by atoms with E-state index in [1.807, 2.05) is 30.3 Å².